The SMILES string of the molecule is Cc1ccc(N(C)C(=O)CNC(=O)[C@@H](N)C(C)C)cc1C.Cl. The van der Waals surface area contributed by atoms with E-state index < -0.39 is 6.04 Å². The van der Waals surface area contributed by atoms with E-state index in [2.05, 4.69) is 5.32 Å². The van der Waals surface area contributed by atoms with E-state index in [1.807, 2.05) is 45.9 Å². The number of likely N-dealkylation sites (N-methyl/N-ethyl adjacent to an activating group) is 1. The second kappa shape index (κ2) is 8.76. The van der Waals surface area contributed by atoms with Crippen molar-refractivity contribution in [2.75, 3.05) is 18.5 Å². The summed E-state index contributed by atoms with van der Waals surface area (Å²) >= 11 is 0. The predicted molar refractivity (Wildman–Crippen MR) is 92.4 cm³/mol. The lowest BCUT2D eigenvalue weighted by Crippen LogP contribution is -2.47. The van der Waals surface area contributed by atoms with Crippen molar-refractivity contribution in [1.82, 2.24) is 5.32 Å². The number of carbonyl (C=O) groups is 2. The summed E-state index contributed by atoms with van der Waals surface area (Å²) in [5.74, 6) is -0.438. The summed E-state index contributed by atoms with van der Waals surface area (Å²) in [6.45, 7) is 7.71. The van der Waals surface area contributed by atoms with Gasteiger partial charge in [0.05, 0.1) is 12.6 Å². The van der Waals surface area contributed by atoms with E-state index in [1.54, 1.807) is 7.05 Å². The molecule has 0 radical (unpaired) electrons. The zero-order valence-electron chi connectivity index (χ0n) is 13.8. The van der Waals surface area contributed by atoms with Crippen molar-refractivity contribution in [3.63, 3.8) is 0 Å². The molecule has 0 spiro atoms. The second-order valence-corrected chi connectivity index (χ2v) is 5.71. The quantitative estimate of drug-likeness (QED) is 0.865. The van der Waals surface area contributed by atoms with Gasteiger partial charge < -0.3 is 16.0 Å². The minimum atomic E-state index is -0.593. The summed E-state index contributed by atoms with van der Waals surface area (Å²) in [5.41, 5.74) is 8.84. The molecule has 3 N–H and O–H groups in total. The van der Waals surface area contributed by atoms with Crippen LogP contribution in [0.3, 0.4) is 0 Å². The van der Waals surface area contributed by atoms with Gasteiger partial charge in [-0.25, -0.2) is 0 Å². The summed E-state index contributed by atoms with van der Waals surface area (Å²) in [5, 5.41) is 2.59. The van der Waals surface area contributed by atoms with Crippen molar-refractivity contribution < 1.29 is 9.59 Å². The van der Waals surface area contributed by atoms with Crippen molar-refractivity contribution in [3.8, 4) is 0 Å². The molecule has 0 unspecified atom stereocenters. The number of hydrogen-bond acceptors (Lipinski definition) is 3. The molecule has 22 heavy (non-hydrogen) atoms. The molecule has 2 amide bonds. The smallest absolute Gasteiger partial charge is 0.246 e. The fraction of sp³-hybridized carbons (Fsp3) is 0.500. The summed E-state index contributed by atoms with van der Waals surface area (Å²) in [6, 6.07) is 5.23. The van der Waals surface area contributed by atoms with E-state index in [4.69, 9.17) is 5.73 Å². The molecule has 1 aromatic rings. The van der Waals surface area contributed by atoms with Gasteiger partial charge >= 0.3 is 0 Å². The van der Waals surface area contributed by atoms with Gasteiger partial charge in [-0.3, -0.25) is 9.59 Å². The van der Waals surface area contributed by atoms with Gasteiger partial charge in [0, 0.05) is 12.7 Å². The van der Waals surface area contributed by atoms with Crippen LogP contribution in [0.2, 0.25) is 0 Å². The maximum atomic E-state index is 12.1. The summed E-state index contributed by atoms with van der Waals surface area (Å²) in [4.78, 5) is 25.4. The Labute approximate surface area is 138 Å². The number of hydrogen-bond donors (Lipinski definition) is 2. The van der Waals surface area contributed by atoms with Crippen molar-refractivity contribution >= 4 is 29.9 Å². The van der Waals surface area contributed by atoms with Crippen LogP contribution in [-0.4, -0.2) is 31.4 Å². The van der Waals surface area contributed by atoms with Gasteiger partial charge in [-0.15, -0.1) is 12.4 Å². The molecule has 1 aromatic carbocycles. The van der Waals surface area contributed by atoms with E-state index >= 15 is 0 Å². The van der Waals surface area contributed by atoms with Crippen LogP contribution < -0.4 is 16.0 Å². The minimum absolute atomic E-state index is 0. The average Bonchev–Trinajstić information content (AvgIpc) is 2.45. The third-order valence-electron chi connectivity index (χ3n) is 3.69. The Morgan fingerprint density at radius 2 is 1.82 bits per heavy atom. The Kier molecular flexibility index (Phi) is 8.12. The molecule has 0 bridgehead atoms. The molecular formula is C16H26ClN3O2. The highest BCUT2D eigenvalue weighted by molar-refractivity contribution is 5.96. The molecule has 1 atom stereocenters. The Balaban J connectivity index is 0.00000441. The number of anilines is 1. The first kappa shape index (κ1) is 20.4. The molecule has 5 nitrogen and oxygen atoms in total. The van der Waals surface area contributed by atoms with Crippen LogP contribution in [0.25, 0.3) is 0 Å². The molecule has 124 valence electrons. The Morgan fingerprint density at radius 1 is 1.23 bits per heavy atom. The number of nitrogens with zero attached hydrogens (tertiary/aromatic N) is 1. The number of benzene rings is 1. The maximum Gasteiger partial charge on any atom is 0.246 e. The highest BCUT2D eigenvalue weighted by Crippen LogP contribution is 2.17. The number of nitrogens with two attached hydrogens (primary N) is 1. The van der Waals surface area contributed by atoms with Crippen LogP contribution >= 0.6 is 12.4 Å². The summed E-state index contributed by atoms with van der Waals surface area (Å²) in [7, 11) is 1.70. The van der Waals surface area contributed by atoms with Crippen LogP contribution in [0.15, 0.2) is 18.2 Å². The number of aryl methyl sites for hydroxylation is 2. The highest BCUT2D eigenvalue weighted by Gasteiger charge is 2.19. The van der Waals surface area contributed by atoms with Crippen molar-refractivity contribution in [2.45, 2.75) is 33.7 Å². The van der Waals surface area contributed by atoms with Crippen molar-refractivity contribution in [2.24, 2.45) is 11.7 Å². The van der Waals surface area contributed by atoms with Gasteiger partial charge in [-0.2, -0.15) is 0 Å². The zero-order valence-corrected chi connectivity index (χ0v) is 14.7. The lowest BCUT2D eigenvalue weighted by Gasteiger charge is -2.20. The molecule has 0 heterocycles. The maximum absolute atomic E-state index is 12.1. The standard InChI is InChI=1S/C16H25N3O2.ClH/c1-10(2)15(17)16(21)18-9-14(20)19(5)13-7-6-11(3)12(4)8-13;/h6-8,10,15H,9,17H2,1-5H3,(H,18,21);1H/t15-;/m0./s1. The van der Waals surface area contributed by atoms with Gasteiger partial charge in [-0.1, -0.05) is 19.9 Å². The van der Waals surface area contributed by atoms with Crippen LogP contribution in [-0.2, 0) is 9.59 Å². The molecule has 0 aromatic heterocycles. The second-order valence-electron chi connectivity index (χ2n) is 5.71. The van der Waals surface area contributed by atoms with Crippen LogP contribution in [0.5, 0.6) is 0 Å². The molecule has 1 rings (SSSR count). The number of rotatable bonds is 5. The fourth-order valence-electron chi connectivity index (χ4n) is 1.78. The zero-order chi connectivity index (χ0) is 16.2. The molecule has 0 aliphatic heterocycles. The first-order valence-corrected chi connectivity index (χ1v) is 7.11. The van der Waals surface area contributed by atoms with Crippen LogP contribution in [0.1, 0.15) is 25.0 Å². The van der Waals surface area contributed by atoms with Crippen LogP contribution in [0.4, 0.5) is 5.69 Å². The molecule has 0 aliphatic rings. The van der Waals surface area contributed by atoms with Crippen molar-refractivity contribution in [1.29, 1.82) is 0 Å². The largest absolute Gasteiger partial charge is 0.346 e. The first-order valence-electron chi connectivity index (χ1n) is 7.11. The minimum Gasteiger partial charge on any atom is -0.346 e. The summed E-state index contributed by atoms with van der Waals surface area (Å²) < 4.78 is 0. The Hall–Kier alpha value is -1.59. The van der Waals surface area contributed by atoms with E-state index in [9.17, 15) is 9.59 Å². The van der Waals surface area contributed by atoms with E-state index in [-0.39, 0.29) is 36.7 Å². The van der Waals surface area contributed by atoms with Gasteiger partial charge in [0.2, 0.25) is 11.8 Å². The Morgan fingerprint density at radius 3 is 2.32 bits per heavy atom. The van der Waals surface area contributed by atoms with Crippen molar-refractivity contribution in [3.05, 3.63) is 29.3 Å². The van der Waals surface area contributed by atoms with Gasteiger partial charge in [0.1, 0.15) is 0 Å². The van der Waals surface area contributed by atoms with E-state index in [0.29, 0.717) is 0 Å². The predicted octanol–water partition coefficient (Wildman–Crippen LogP) is 1.79. The summed E-state index contributed by atoms with van der Waals surface area (Å²) in [6.07, 6.45) is 0. The lowest BCUT2D eigenvalue weighted by molar-refractivity contribution is -0.126. The number of amides is 2. The normalized spacial score (nSPS) is 11.6. The van der Waals surface area contributed by atoms with E-state index in [1.165, 1.54) is 10.5 Å². The van der Waals surface area contributed by atoms with Crippen LogP contribution in [0, 0.1) is 19.8 Å². The molecule has 0 saturated carbocycles. The molecule has 6 heteroatoms. The third kappa shape index (κ3) is 5.31. The highest BCUT2D eigenvalue weighted by atomic mass is 35.5. The third-order valence-corrected chi connectivity index (χ3v) is 3.69. The molecule has 0 aliphatic carbocycles. The topological polar surface area (TPSA) is 75.4 Å². The van der Waals surface area contributed by atoms with Gasteiger partial charge in [0.15, 0.2) is 0 Å². The van der Waals surface area contributed by atoms with Gasteiger partial charge in [0.25, 0.3) is 0 Å². The van der Waals surface area contributed by atoms with Gasteiger partial charge in [-0.05, 0) is 43.0 Å². The monoisotopic (exact) mass is 327 g/mol. The number of carbonyl (C=O) groups excluding carboxylic acids is 2. The van der Waals surface area contributed by atoms with E-state index in [0.717, 1.165) is 11.3 Å². The first-order chi connectivity index (χ1) is 9.73. The fourth-order valence-corrected chi connectivity index (χ4v) is 1.78. The Bertz CT molecular complexity index is 532. The molecule has 0 saturated heterocycles. The average molecular weight is 328 g/mol. The molecular weight excluding hydrogens is 302 g/mol. The molecule has 0 fully saturated rings. The number of halogens is 1. The lowest BCUT2D eigenvalue weighted by atomic mass is 10.1. The number of nitrogens with one attached hydrogen (secondary N) is 1.